The monoisotopic (exact) mass is 376 g/mol. The topological polar surface area (TPSA) is 60.0 Å². The van der Waals surface area contributed by atoms with Crippen LogP contribution in [0.5, 0.6) is 11.5 Å². The van der Waals surface area contributed by atoms with Crippen LogP contribution in [0.25, 0.3) is 0 Å². The van der Waals surface area contributed by atoms with E-state index in [1.165, 1.54) is 12.8 Å². The number of carbonyl (C=O) groups is 1. The first-order chi connectivity index (χ1) is 13.2. The molecule has 27 heavy (non-hydrogen) atoms. The van der Waals surface area contributed by atoms with Crippen LogP contribution in [0.3, 0.4) is 0 Å². The maximum Gasteiger partial charge on any atom is 0.224 e. The van der Waals surface area contributed by atoms with Gasteiger partial charge >= 0.3 is 0 Å². The van der Waals surface area contributed by atoms with E-state index in [0.29, 0.717) is 50.2 Å². The van der Waals surface area contributed by atoms with E-state index in [1.807, 2.05) is 26.0 Å². The minimum atomic E-state index is 0.0597. The van der Waals surface area contributed by atoms with E-state index in [2.05, 4.69) is 10.2 Å². The number of ether oxygens (including phenoxy) is 3. The van der Waals surface area contributed by atoms with E-state index in [1.54, 1.807) is 0 Å². The van der Waals surface area contributed by atoms with Crippen molar-refractivity contribution in [3.63, 3.8) is 0 Å². The van der Waals surface area contributed by atoms with Crippen molar-refractivity contribution in [3.8, 4) is 11.5 Å². The Kier molecular flexibility index (Phi) is 7.21. The summed E-state index contributed by atoms with van der Waals surface area (Å²) in [5.41, 5.74) is 1.69. The van der Waals surface area contributed by atoms with Crippen LogP contribution in [-0.2, 0) is 9.53 Å². The lowest BCUT2D eigenvalue weighted by molar-refractivity contribution is -0.117. The lowest BCUT2D eigenvalue weighted by Gasteiger charge is -2.31. The van der Waals surface area contributed by atoms with Gasteiger partial charge in [-0.05, 0) is 32.6 Å². The van der Waals surface area contributed by atoms with Crippen LogP contribution in [0.2, 0.25) is 0 Å². The van der Waals surface area contributed by atoms with Gasteiger partial charge in [0.15, 0.2) is 0 Å². The number of rotatable bonds is 8. The summed E-state index contributed by atoms with van der Waals surface area (Å²) in [6, 6.07) is 3.90. The van der Waals surface area contributed by atoms with E-state index in [9.17, 15) is 4.79 Å². The van der Waals surface area contributed by atoms with Gasteiger partial charge in [0.1, 0.15) is 11.5 Å². The van der Waals surface area contributed by atoms with Gasteiger partial charge in [0.05, 0.1) is 37.8 Å². The lowest BCUT2D eigenvalue weighted by atomic mass is 10.0. The van der Waals surface area contributed by atoms with Crippen molar-refractivity contribution >= 4 is 17.3 Å². The Morgan fingerprint density at radius 3 is 2.44 bits per heavy atom. The molecule has 1 amide bonds. The Labute approximate surface area is 162 Å². The van der Waals surface area contributed by atoms with Crippen molar-refractivity contribution in [1.82, 2.24) is 0 Å². The number of amides is 1. The van der Waals surface area contributed by atoms with Gasteiger partial charge < -0.3 is 24.4 Å². The molecule has 0 bridgehead atoms. The van der Waals surface area contributed by atoms with Crippen molar-refractivity contribution in [2.45, 2.75) is 46.0 Å². The minimum absolute atomic E-state index is 0.0597. The molecule has 6 nitrogen and oxygen atoms in total. The number of anilines is 2. The minimum Gasteiger partial charge on any atom is -0.492 e. The van der Waals surface area contributed by atoms with Crippen molar-refractivity contribution in [2.75, 3.05) is 49.7 Å². The number of hydrogen-bond acceptors (Lipinski definition) is 5. The zero-order valence-corrected chi connectivity index (χ0v) is 16.6. The molecular weight excluding hydrogens is 344 g/mol. The van der Waals surface area contributed by atoms with Crippen LogP contribution in [0.1, 0.15) is 46.0 Å². The number of nitrogens with one attached hydrogen (secondary N) is 1. The molecule has 150 valence electrons. The molecule has 1 aromatic rings. The van der Waals surface area contributed by atoms with E-state index in [4.69, 9.17) is 14.2 Å². The second-order valence-corrected chi connectivity index (χ2v) is 7.18. The molecule has 0 radical (unpaired) electrons. The van der Waals surface area contributed by atoms with Gasteiger partial charge in [-0.2, -0.15) is 0 Å². The Bertz CT molecular complexity index is 623. The normalized spacial score (nSPS) is 17.8. The third-order valence-corrected chi connectivity index (χ3v) is 5.24. The molecule has 1 N–H and O–H groups in total. The maximum absolute atomic E-state index is 12.5. The number of benzene rings is 1. The molecule has 1 aliphatic heterocycles. The first-order valence-corrected chi connectivity index (χ1v) is 10.3. The highest BCUT2D eigenvalue weighted by Crippen LogP contribution is 2.39. The number of nitrogens with zero attached hydrogens (tertiary/aromatic N) is 1. The first-order valence-electron chi connectivity index (χ1n) is 10.3. The van der Waals surface area contributed by atoms with Gasteiger partial charge in [0.25, 0.3) is 0 Å². The van der Waals surface area contributed by atoms with Crippen molar-refractivity contribution < 1.29 is 19.0 Å². The fraction of sp³-hybridized carbons (Fsp3) is 0.667. The van der Waals surface area contributed by atoms with Crippen LogP contribution in [0.15, 0.2) is 12.1 Å². The van der Waals surface area contributed by atoms with Crippen LogP contribution >= 0.6 is 0 Å². The molecule has 1 heterocycles. The molecule has 1 saturated heterocycles. The molecule has 3 rings (SSSR count). The van der Waals surface area contributed by atoms with Crippen LogP contribution in [-0.4, -0.2) is 45.4 Å². The average molecular weight is 376 g/mol. The highest BCUT2D eigenvalue weighted by molar-refractivity contribution is 5.93. The summed E-state index contributed by atoms with van der Waals surface area (Å²) < 4.78 is 17.2. The quantitative estimate of drug-likeness (QED) is 0.747. The SMILES string of the molecule is CCOc1cc(N2CCOCC2)c(OCC)cc1NC(=O)CC1CCCC1. The summed E-state index contributed by atoms with van der Waals surface area (Å²) in [5.74, 6) is 2.05. The third kappa shape index (κ3) is 5.28. The maximum atomic E-state index is 12.5. The molecule has 0 aromatic heterocycles. The smallest absolute Gasteiger partial charge is 0.224 e. The zero-order chi connectivity index (χ0) is 19.1. The molecule has 1 aromatic carbocycles. The number of morpholine rings is 1. The molecule has 2 fully saturated rings. The average Bonchev–Trinajstić information content (AvgIpc) is 3.17. The molecular formula is C21H32N2O4. The highest BCUT2D eigenvalue weighted by atomic mass is 16.5. The molecule has 0 unspecified atom stereocenters. The Morgan fingerprint density at radius 1 is 1.11 bits per heavy atom. The second-order valence-electron chi connectivity index (χ2n) is 7.18. The zero-order valence-electron chi connectivity index (χ0n) is 16.6. The summed E-state index contributed by atoms with van der Waals surface area (Å²) in [5, 5.41) is 3.06. The van der Waals surface area contributed by atoms with Crippen molar-refractivity contribution in [2.24, 2.45) is 5.92 Å². The molecule has 0 atom stereocenters. The van der Waals surface area contributed by atoms with E-state index in [0.717, 1.165) is 37.4 Å². The fourth-order valence-electron chi connectivity index (χ4n) is 3.92. The first kappa shape index (κ1) is 19.8. The highest BCUT2D eigenvalue weighted by Gasteiger charge is 2.22. The lowest BCUT2D eigenvalue weighted by Crippen LogP contribution is -2.36. The van der Waals surface area contributed by atoms with Crippen molar-refractivity contribution in [3.05, 3.63) is 12.1 Å². The van der Waals surface area contributed by atoms with Crippen molar-refractivity contribution in [1.29, 1.82) is 0 Å². The predicted molar refractivity (Wildman–Crippen MR) is 107 cm³/mol. The molecule has 6 heteroatoms. The van der Waals surface area contributed by atoms with Gasteiger partial charge in [-0.3, -0.25) is 4.79 Å². The Hall–Kier alpha value is -1.95. The largest absolute Gasteiger partial charge is 0.492 e. The van der Waals surface area contributed by atoms with Crippen LogP contribution < -0.4 is 19.7 Å². The summed E-state index contributed by atoms with van der Waals surface area (Å²) in [4.78, 5) is 14.8. The number of carbonyl (C=O) groups excluding carboxylic acids is 1. The second kappa shape index (κ2) is 9.83. The fourth-order valence-corrected chi connectivity index (χ4v) is 3.92. The number of hydrogen-bond donors (Lipinski definition) is 1. The van der Waals surface area contributed by atoms with Gasteiger partial charge in [-0.1, -0.05) is 12.8 Å². The summed E-state index contributed by atoms with van der Waals surface area (Å²) >= 11 is 0. The Morgan fingerprint density at radius 2 is 1.78 bits per heavy atom. The summed E-state index contributed by atoms with van der Waals surface area (Å²) in [7, 11) is 0. The molecule has 0 spiro atoms. The molecule has 1 saturated carbocycles. The van der Waals surface area contributed by atoms with E-state index in [-0.39, 0.29) is 5.91 Å². The van der Waals surface area contributed by atoms with Crippen LogP contribution in [0.4, 0.5) is 11.4 Å². The van der Waals surface area contributed by atoms with Gasteiger partial charge in [-0.25, -0.2) is 0 Å². The summed E-state index contributed by atoms with van der Waals surface area (Å²) in [6.45, 7) is 8.08. The van der Waals surface area contributed by atoms with Gasteiger partial charge in [0.2, 0.25) is 5.91 Å². The van der Waals surface area contributed by atoms with Crippen LogP contribution in [0, 0.1) is 5.92 Å². The Balaban J connectivity index is 1.82. The van der Waals surface area contributed by atoms with E-state index >= 15 is 0 Å². The van der Waals surface area contributed by atoms with Gasteiger partial charge in [-0.15, -0.1) is 0 Å². The van der Waals surface area contributed by atoms with E-state index < -0.39 is 0 Å². The molecule has 1 aliphatic carbocycles. The summed E-state index contributed by atoms with van der Waals surface area (Å²) in [6.07, 6.45) is 5.38. The van der Waals surface area contributed by atoms with Gasteiger partial charge in [0, 0.05) is 31.6 Å². The standard InChI is InChI=1S/C21H32N2O4/c1-3-26-19-15-18(23-9-11-25-12-10-23)20(27-4-2)14-17(19)22-21(24)13-16-7-5-6-8-16/h14-16H,3-13H2,1-2H3,(H,22,24). The predicted octanol–water partition coefficient (Wildman–Crippen LogP) is 3.84. The third-order valence-electron chi connectivity index (χ3n) is 5.24. The molecule has 2 aliphatic rings.